The number of amides is 1. The Balaban J connectivity index is 2.13. The maximum absolute atomic E-state index is 13.6. The molecule has 124 valence electrons. The van der Waals surface area contributed by atoms with E-state index in [4.69, 9.17) is 5.11 Å². The summed E-state index contributed by atoms with van der Waals surface area (Å²) in [5.41, 5.74) is 3.74. The molecule has 0 bridgehead atoms. The molecule has 0 aliphatic heterocycles. The normalized spacial score (nSPS) is 10.7. The van der Waals surface area contributed by atoms with Crippen molar-refractivity contribution < 1.29 is 14.3 Å². The number of hydrogen-bond acceptors (Lipinski definition) is 4. The van der Waals surface area contributed by atoms with Gasteiger partial charge in [0.2, 0.25) is 5.91 Å². The van der Waals surface area contributed by atoms with Gasteiger partial charge in [-0.2, -0.15) is 5.10 Å². The predicted octanol–water partition coefficient (Wildman–Crippen LogP) is 2.20. The van der Waals surface area contributed by atoms with Crippen LogP contribution in [0.15, 0.2) is 18.2 Å². The van der Waals surface area contributed by atoms with Crippen molar-refractivity contribution in [2.24, 2.45) is 0 Å². The van der Waals surface area contributed by atoms with E-state index in [0.717, 1.165) is 17.0 Å². The number of carbonyl (C=O) groups is 1. The van der Waals surface area contributed by atoms with Gasteiger partial charge < -0.3 is 15.7 Å². The summed E-state index contributed by atoms with van der Waals surface area (Å²) in [5.74, 6) is -0.799. The first kappa shape index (κ1) is 17.0. The lowest BCUT2D eigenvalue weighted by Gasteiger charge is -2.10. The van der Waals surface area contributed by atoms with Crippen LogP contribution in [0.25, 0.3) is 0 Å². The summed E-state index contributed by atoms with van der Waals surface area (Å²) in [6.45, 7) is 6.20. The Morgan fingerprint density at radius 3 is 2.78 bits per heavy atom. The van der Waals surface area contributed by atoms with Crippen molar-refractivity contribution >= 4 is 17.3 Å². The Morgan fingerprint density at radius 1 is 1.39 bits per heavy atom. The predicted molar refractivity (Wildman–Crippen MR) is 86.8 cm³/mol. The summed E-state index contributed by atoms with van der Waals surface area (Å²) in [6.07, 6.45) is 0. The van der Waals surface area contributed by atoms with Gasteiger partial charge in [-0.15, -0.1) is 0 Å². The lowest BCUT2D eigenvalue weighted by atomic mass is 10.2. The molecule has 1 amide bonds. The lowest BCUT2D eigenvalue weighted by molar-refractivity contribution is -0.114. The molecule has 1 aromatic carbocycles. The van der Waals surface area contributed by atoms with Crippen LogP contribution < -0.4 is 10.6 Å². The average molecular weight is 320 g/mol. The van der Waals surface area contributed by atoms with Gasteiger partial charge in [0.1, 0.15) is 5.82 Å². The van der Waals surface area contributed by atoms with Crippen molar-refractivity contribution in [1.82, 2.24) is 9.78 Å². The molecule has 7 heteroatoms. The highest BCUT2D eigenvalue weighted by atomic mass is 19.1. The quantitative estimate of drug-likeness (QED) is 0.762. The van der Waals surface area contributed by atoms with Crippen molar-refractivity contribution in [2.75, 3.05) is 17.2 Å². The number of carbonyl (C=O) groups excluding carboxylic acids is 1. The number of nitrogens with zero attached hydrogens (tertiary/aromatic N) is 2. The first-order valence-corrected chi connectivity index (χ1v) is 7.37. The number of aliphatic hydroxyl groups is 1. The third-order valence-corrected chi connectivity index (χ3v) is 3.59. The Bertz CT molecular complexity index is 712. The topological polar surface area (TPSA) is 79.2 Å². The fourth-order valence-electron chi connectivity index (χ4n) is 2.41. The van der Waals surface area contributed by atoms with Gasteiger partial charge in [-0.1, -0.05) is 0 Å². The van der Waals surface area contributed by atoms with Gasteiger partial charge in [-0.3, -0.25) is 9.48 Å². The number of halogens is 1. The van der Waals surface area contributed by atoms with Gasteiger partial charge in [-0.05, 0) is 32.0 Å². The van der Waals surface area contributed by atoms with Crippen LogP contribution in [0.2, 0.25) is 0 Å². The molecule has 0 fully saturated rings. The summed E-state index contributed by atoms with van der Waals surface area (Å²) in [4.78, 5) is 11.1. The van der Waals surface area contributed by atoms with E-state index in [2.05, 4.69) is 15.7 Å². The zero-order valence-corrected chi connectivity index (χ0v) is 13.5. The van der Waals surface area contributed by atoms with Crippen molar-refractivity contribution in [3.63, 3.8) is 0 Å². The van der Waals surface area contributed by atoms with Crippen LogP contribution in [0, 0.1) is 19.7 Å². The molecule has 0 atom stereocenters. The second-order valence-electron chi connectivity index (χ2n) is 5.33. The minimum absolute atomic E-state index is 0.0346. The maximum Gasteiger partial charge on any atom is 0.221 e. The average Bonchev–Trinajstić information content (AvgIpc) is 2.74. The molecular weight excluding hydrogens is 299 g/mol. The van der Waals surface area contributed by atoms with Crippen LogP contribution in [0.1, 0.15) is 23.9 Å². The first-order chi connectivity index (χ1) is 10.9. The van der Waals surface area contributed by atoms with E-state index >= 15 is 0 Å². The Hall–Kier alpha value is -2.41. The van der Waals surface area contributed by atoms with Crippen molar-refractivity contribution in [1.29, 1.82) is 0 Å². The molecule has 1 heterocycles. The van der Waals surface area contributed by atoms with E-state index in [1.54, 1.807) is 16.8 Å². The lowest BCUT2D eigenvalue weighted by Crippen LogP contribution is -2.09. The van der Waals surface area contributed by atoms with Crippen molar-refractivity contribution in [3.05, 3.63) is 41.0 Å². The summed E-state index contributed by atoms with van der Waals surface area (Å²) >= 11 is 0. The van der Waals surface area contributed by atoms with Crippen molar-refractivity contribution in [3.8, 4) is 0 Å². The molecular formula is C16H21FN4O2. The van der Waals surface area contributed by atoms with Crippen LogP contribution in [0.3, 0.4) is 0 Å². The molecule has 6 nitrogen and oxygen atoms in total. The number of benzene rings is 1. The van der Waals surface area contributed by atoms with Crippen LogP contribution >= 0.6 is 0 Å². The minimum Gasteiger partial charge on any atom is -0.394 e. The number of rotatable bonds is 6. The Labute approximate surface area is 134 Å². The van der Waals surface area contributed by atoms with E-state index in [1.807, 2.05) is 13.8 Å². The highest BCUT2D eigenvalue weighted by Gasteiger charge is 2.11. The zero-order valence-electron chi connectivity index (χ0n) is 13.5. The number of aryl methyl sites for hydroxylation is 1. The summed E-state index contributed by atoms with van der Waals surface area (Å²) < 4.78 is 15.4. The SMILES string of the molecule is CC(=O)Nc1cc(NCc2c(C)nn(CCO)c2C)ccc1F. The molecule has 2 aromatic rings. The van der Waals surface area contributed by atoms with E-state index in [0.29, 0.717) is 18.8 Å². The molecule has 0 radical (unpaired) electrons. The molecule has 0 saturated carbocycles. The molecule has 1 aromatic heterocycles. The number of anilines is 2. The summed E-state index contributed by atoms with van der Waals surface area (Å²) in [5, 5.41) is 19.1. The zero-order chi connectivity index (χ0) is 17.0. The molecule has 23 heavy (non-hydrogen) atoms. The number of nitrogens with one attached hydrogen (secondary N) is 2. The Kier molecular flexibility index (Phi) is 5.33. The van der Waals surface area contributed by atoms with Crippen molar-refractivity contribution in [2.45, 2.75) is 33.9 Å². The fourth-order valence-corrected chi connectivity index (χ4v) is 2.41. The highest BCUT2D eigenvalue weighted by molar-refractivity contribution is 5.89. The van der Waals surface area contributed by atoms with E-state index < -0.39 is 5.82 Å². The van der Waals surface area contributed by atoms with Gasteiger partial charge in [-0.25, -0.2) is 4.39 Å². The summed E-state index contributed by atoms with van der Waals surface area (Å²) in [6, 6.07) is 4.48. The molecule has 2 rings (SSSR count). The van der Waals surface area contributed by atoms with E-state index in [1.165, 1.54) is 13.0 Å². The molecule has 0 aliphatic rings. The third kappa shape index (κ3) is 4.07. The standard InChI is InChI=1S/C16H21FN4O2/c1-10-14(11(2)21(20-10)6-7-22)9-18-13-4-5-15(17)16(8-13)19-12(3)23/h4-5,8,18,22H,6-7,9H2,1-3H3,(H,19,23). The molecule has 0 unspecified atom stereocenters. The monoisotopic (exact) mass is 320 g/mol. The fraction of sp³-hybridized carbons (Fsp3) is 0.375. The van der Waals surface area contributed by atoms with Gasteiger partial charge in [0.25, 0.3) is 0 Å². The van der Waals surface area contributed by atoms with E-state index in [-0.39, 0.29) is 18.2 Å². The Morgan fingerprint density at radius 2 is 2.13 bits per heavy atom. The van der Waals surface area contributed by atoms with Crippen LogP contribution in [-0.4, -0.2) is 27.4 Å². The van der Waals surface area contributed by atoms with E-state index in [9.17, 15) is 9.18 Å². The van der Waals surface area contributed by atoms with Gasteiger partial charge in [0.15, 0.2) is 0 Å². The first-order valence-electron chi connectivity index (χ1n) is 7.37. The van der Waals surface area contributed by atoms with Crippen LogP contribution in [0.4, 0.5) is 15.8 Å². The van der Waals surface area contributed by atoms with Crippen LogP contribution in [0.5, 0.6) is 0 Å². The van der Waals surface area contributed by atoms with Gasteiger partial charge >= 0.3 is 0 Å². The second-order valence-corrected chi connectivity index (χ2v) is 5.33. The minimum atomic E-state index is -0.478. The number of hydrogen-bond donors (Lipinski definition) is 3. The second kappa shape index (κ2) is 7.23. The highest BCUT2D eigenvalue weighted by Crippen LogP contribution is 2.21. The molecule has 0 aliphatic carbocycles. The van der Waals surface area contributed by atoms with Gasteiger partial charge in [0, 0.05) is 30.4 Å². The van der Waals surface area contributed by atoms with Crippen LogP contribution in [-0.2, 0) is 17.9 Å². The largest absolute Gasteiger partial charge is 0.394 e. The molecule has 3 N–H and O–H groups in total. The summed E-state index contributed by atoms with van der Waals surface area (Å²) in [7, 11) is 0. The number of aliphatic hydroxyl groups excluding tert-OH is 1. The molecule has 0 spiro atoms. The van der Waals surface area contributed by atoms with Gasteiger partial charge in [0.05, 0.1) is 24.5 Å². The maximum atomic E-state index is 13.6. The smallest absolute Gasteiger partial charge is 0.221 e. The third-order valence-electron chi connectivity index (χ3n) is 3.59. The number of aromatic nitrogens is 2. The molecule has 0 saturated heterocycles.